The highest BCUT2D eigenvalue weighted by Crippen LogP contribution is 2.43. The summed E-state index contributed by atoms with van der Waals surface area (Å²) in [6, 6.07) is 10.2. The molecule has 0 aromatic heterocycles. The highest BCUT2D eigenvalue weighted by Gasteiger charge is 2.34. The number of carbonyl (C=O) groups excluding carboxylic acids is 1. The summed E-state index contributed by atoms with van der Waals surface area (Å²) in [6.07, 6.45) is 8.20. The van der Waals surface area contributed by atoms with Crippen LogP contribution in [0.2, 0.25) is 0 Å². The van der Waals surface area contributed by atoms with Crippen LogP contribution in [0, 0.1) is 6.92 Å². The van der Waals surface area contributed by atoms with Crippen molar-refractivity contribution in [3.05, 3.63) is 58.3 Å². The van der Waals surface area contributed by atoms with Crippen LogP contribution in [0.3, 0.4) is 0 Å². The number of benzene rings is 2. The maximum absolute atomic E-state index is 13.1. The fourth-order valence-electron chi connectivity index (χ4n) is 4.92. The SMILES string of the molecule is CCOc1ccc(/C=C2\Oc3c(cc4c(c3C)OCN(C3CCCCC3)C4)C2=O)cc1. The van der Waals surface area contributed by atoms with E-state index in [2.05, 4.69) is 4.90 Å². The molecule has 3 aliphatic rings. The number of hydrogen-bond acceptors (Lipinski definition) is 5. The van der Waals surface area contributed by atoms with Crippen molar-refractivity contribution in [1.82, 2.24) is 4.90 Å². The number of nitrogens with zero attached hydrogens (tertiary/aromatic N) is 1. The van der Waals surface area contributed by atoms with Crippen molar-refractivity contribution >= 4 is 11.9 Å². The molecule has 5 heteroatoms. The van der Waals surface area contributed by atoms with Gasteiger partial charge in [-0.25, -0.2) is 0 Å². The molecule has 162 valence electrons. The summed E-state index contributed by atoms with van der Waals surface area (Å²) in [4.78, 5) is 15.5. The van der Waals surface area contributed by atoms with Crippen molar-refractivity contribution in [3.8, 4) is 17.2 Å². The van der Waals surface area contributed by atoms with E-state index in [1.54, 1.807) is 6.08 Å². The lowest BCUT2D eigenvalue weighted by atomic mass is 9.93. The van der Waals surface area contributed by atoms with E-state index in [0.29, 0.717) is 36.5 Å². The largest absolute Gasteiger partial charge is 0.494 e. The second-order valence-electron chi connectivity index (χ2n) is 8.62. The van der Waals surface area contributed by atoms with Crippen LogP contribution in [0.4, 0.5) is 0 Å². The Hall–Kier alpha value is -2.79. The van der Waals surface area contributed by atoms with Crippen LogP contribution in [0.5, 0.6) is 17.2 Å². The predicted molar refractivity (Wildman–Crippen MR) is 120 cm³/mol. The summed E-state index contributed by atoms with van der Waals surface area (Å²) in [5.74, 6) is 2.61. The predicted octanol–water partition coefficient (Wildman–Crippen LogP) is 5.49. The van der Waals surface area contributed by atoms with Gasteiger partial charge in [-0.15, -0.1) is 0 Å². The first-order valence-electron chi connectivity index (χ1n) is 11.3. The van der Waals surface area contributed by atoms with E-state index in [9.17, 15) is 4.79 Å². The molecule has 0 atom stereocenters. The maximum Gasteiger partial charge on any atom is 0.231 e. The summed E-state index contributed by atoms with van der Waals surface area (Å²) in [7, 11) is 0. The van der Waals surface area contributed by atoms with E-state index < -0.39 is 0 Å². The third-order valence-corrected chi connectivity index (χ3v) is 6.54. The van der Waals surface area contributed by atoms with Gasteiger partial charge in [-0.2, -0.15) is 0 Å². The number of hydrogen-bond donors (Lipinski definition) is 0. The number of carbonyl (C=O) groups is 1. The number of Topliss-reactive ketones (excluding diaryl/α,β-unsaturated/α-hetero) is 1. The third kappa shape index (κ3) is 3.83. The van der Waals surface area contributed by atoms with Gasteiger partial charge < -0.3 is 14.2 Å². The van der Waals surface area contributed by atoms with Gasteiger partial charge in [-0.1, -0.05) is 31.4 Å². The highest BCUT2D eigenvalue weighted by molar-refractivity contribution is 6.15. The molecule has 0 unspecified atom stereocenters. The van der Waals surface area contributed by atoms with Crippen LogP contribution < -0.4 is 14.2 Å². The fourth-order valence-corrected chi connectivity index (χ4v) is 4.92. The molecule has 2 aromatic carbocycles. The Morgan fingerprint density at radius 1 is 1.13 bits per heavy atom. The molecule has 5 nitrogen and oxygen atoms in total. The van der Waals surface area contributed by atoms with E-state index in [4.69, 9.17) is 14.2 Å². The minimum Gasteiger partial charge on any atom is -0.494 e. The Bertz CT molecular complexity index is 1020. The average Bonchev–Trinajstić information content (AvgIpc) is 3.11. The van der Waals surface area contributed by atoms with Crippen molar-refractivity contribution in [3.63, 3.8) is 0 Å². The van der Waals surface area contributed by atoms with Gasteiger partial charge in [0.15, 0.2) is 5.76 Å². The molecule has 1 fully saturated rings. The van der Waals surface area contributed by atoms with Crippen molar-refractivity contribution in [2.75, 3.05) is 13.3 Å². The van der Waals surface area contributed by atoms with Crippen molar-refractivity contribution < 1.29 is 19.0 Å². The van der Waals surface area contributed by atoms with Crippen LogP contribution in [-0.2, 0) is 6.54 Å². The minimum absolute atomic E-state index is 0.0652. The maximum atomic E-state index is 13.1. The highest BCUT2D eigenvalue weighted by atomic mass is 16.5. The lowest BCUT2D eigenvalue weighted by molar-refractivity contribution is 0.0397. The Kier molecular flexibility index (Phi) is 5.45. The van der Waals surface area contributed by atoms with E-state index in [1.165, 1.54) is 32.1 Å². The first-order valence-corrected chi connectivity index (χ1v) is 11.3. The van der Waals surface area contributed by atoms with E-state index in [1.807, 2.05) is 44.2 Å². The molecule has 1 saturated carbocycles. The van der Waals surface area contributed by atoms with Gasteiger partial charge in [0.2, 0.25) is 5.78 Å². The number of rotatable bonds is 4. The van der Waals surface area contributed by atoms with Gasteiger partial charge in [-0.05, 0) is 56.5 Å². The molecule has 0 amide bonds. The zero-order chi connectivity index (χ0) is 21.4. The lowest BCUT2D eigenvalue weighted by Crippen LogP contribution is -2.41. The summed E-state index contributed by atoms with van der Waals surface area (Å²) >= 11 is 0. The molecular formula is C26H29NO4. The number of ketones is 1. The van der Waals surface area contributed by atoms with E-state index in [0.717, 1.165) is 34.7 Å². The second kappa shape index (κ2) is 8.39. The van der Waals surface area contributed by atoms with Crippen LogP contribution in [0.1, 0.15) is 66.1 Å². The van der Waals surface area contributed by atoms with Gasteiger partial charge in [0, 0.05) is 23.7 Å². The Morgan fingerprint density at radius 2 is 1.90 bits per heavy atom. The lowest BCUT2D eigenvalue weighted by Gasteiger charge is -2.37. The van der Waals surface area contributed by atoms with Crippen LogP contribution >= 0.6 is 0 Å². The van der Waals surface area contributed by atoms with Gasteiger partial charge in [0.05, 0.1) is 12.2 Å². The van der Waals surface area contributed by atoms with Crippen LogP contribution in [-0.4, -0.2) is 30.1 Å². The Morgan fingerprint density at radius 3 is 2.65 bits per heavy atom. The number of fused-ring (bicyclic) bond motifs is 2. The molecule has 5 rings (SSSR count). The molecule has 31 heavy (non-hydrogen) atoms. The summed E-state index contributed by atoms with van der Waals surface area (Å²) in [5, 5.41) is 0. The molecule has 2 aliphatic heterocycles. The van der Waals surface area contributed by atoms with Gasteiger partial charge >= 0.3 is 0 Å². The molecule has 0 radical (unpaired) electrons. The monoisotopic (exact) mass is 419 g/mol. The normalized spacial score (nSPS) is 20.2. The Labute approximate surface area is 183 Å². The van der Waals surface area contributed by atoms with Crippen molar-refractivity contribution in [2.24, 2.45) is 0 Å². The molecule has 0 bridgehead atoms. The molecular weight excluding hydrogens is 390 g/mol. The first kappa shape index (κ1) is 20.1. The molecule has 1 aliphatic carbocycles. The van der Waals surface area contributed by atoms with Crippen molar-refractivity contribution in [2.45, 2.75) is 58.5 Å². The zero-order valence-electron chi connectivity index (χ0n) is 18.3. The Balaban J connectivity index is 1.40. The van der Waals surface area contributed by atoms with E-state index >= 15 is 0 Å². The summed E-state index contributed by atoms with van der Waals surface area (Å²) in [5.41, 5.74) is 3.55. The molecule has 2 heterocycles. The summed E-state index contributed by atoms with van der Waals surface area (Å²) in [6.45, 7) is 6.01. The molecule has 0 saturated heterocycles. The van der Waals surface area contributed by atoms with Gasteiger partial charge in [-0.3, -0.25) is 9.69 Å². The smallest absolute Gasteiger partial charge is 0.231 e. The molecule has 0 spiro atoms. The molecule has 2 aromatic rings. The zero-order valence-corrected chi connectivity index (χ0v) is 18.3. The van der Waals surface area contributed by atoms with Crippen LogP contribution in [0.25, 0.3) is 6.08 Å². The number of allylic oxidation sites excluding steroid dienone is 1. The standard InChI is InChI=1S/C26H29NO4/c1-3-29-21-11-9-18(10-12-21)13-23-24(28)22-14-19-15-27(20-7-5-4-6-8-20)16-30-25(19)17(2)26(22)31-23/h9-14,20H,3-8,15-16H2,1-2H3/b23-13-. The topological polar surface area (TPSA) is 48.0 Å². The number of ether oxygens (including phenoxy) is 3. The third-order valence-electron chi connectivity index (χ3n) is 6.54. The second-order valence-corrected chi connectivity index (χ2v) is 8.62. The fraction of sp³-hybridized carbons (Fsp3) is 0.423. The molecule has 0 N–H and O–H groups in total. The first-order chi connectivity index (χ1) is 15.1. The van der Waals surface area contributed by atoms with Crippen molar-refractivity contribution in [1.29, 1.82) is 0 Å². The quantitative estimate of drug-likeness (QED) is 0.613. The van der Waals surface area contributed by atoms with Gasteiger partial charge in [0.25, 0.3) is 0 Å². The van der Waals surface area contributed by atoms with Crippen LogP contribution in [0.15, 0.2) is 36.1 Å². The van der Waals surface area contributed by atoms with E-state index in [-0.39, 0.29) is 5.78 Å². The minimum atomic E-state index is -0.0652. The van der Waals surface area contributed by atoms with Gasteiger partial charge in [0.1, 0.15) is 24.0 Å². The average molecular weight is 420 g/mol. The summed E-state index contributed by atoms with van der Waals surface area (Å²) < 4.78 is 17.7.